The SMILES string of the molecule is C[Si]1(C)c2ccc3c(c2C2=CC=CC2)[CH]([Zr+2][CH]2c4ccccc4-c4ccc1c(C1=CC=CC1)c42)c1ccccc1-3.[Cl-].[Cl-]. The Morgan fingerprint density at radius 2 is 1.02 bits per heavy atom. The van der Waals surface area contributed by atoms with E-state index in [0.29, 0.717) is 7.25 Å². The van der Waals surface area contributed by atoms with Crippen molar-refractivity contribution >= 4 is 29.6 Å². The van der Waals surface area contributed by atoms with Gasteiger partial charge in [0.2, 0.25) is 0 Å². The van der Waals surface area contributed by atoms with Crippen LogP contribution in [0.25, 0.3) is 33.4 Å². The molecule has 0 amide bonds. The third-order valence-corrected chi connectivity index (χ3v) is 18.2. The van der Waals surface area contributed by atoms with Crippen LogP contribution in [0.4, 0.5) is 0 Å². The minimum Gasteiger partial charge on any atom is -1.00 e. The van der Waals surface area contributed by atoms with E-state index in [1.807, 2.05) is 0 Å². The predicted molar refractivity (Wildman–Crippen MR) is 168 cm³/mol. The average molecular weight is 677 g/mol. The normalized spacial score (nSPS) is 20.3. The van der Waals surface area contributed by atoms with E-state index < -0.39 is 31.3 Å². The van der Waals surface area contributed by atoms with E-state index in [9.17, 15) is 0 Å². The summed E-state index contributed by atoms with van der Waals surface area (Å²) in [6, 6.07) is 28.9. The van der Waals surface area contributed by atoms with Gasteiger partial charge in [-0.15, -0.1) is 0 Å². The van der Waals surface area contributed by atoms with Crippen LogP contribution in [0.5, 0.6) is 0 Å². The quantitative estimate of drug-likeness (QED) is 0.287. The van der Waals surface area contributed by atoms with Crippen molar-refractivity contribution < 1.29 is 48.0 Å². The monoisotopic (exact) mass is 674 g/mol. The van der Waals surface area contributed by atoms with Crippen molar-refractivity contribution in [3.05, 3.63) is 143 Å². The van der Waals surface area contributed by atoms with Gasteiger partial charge in [0.1, 0.15) is 0 Å². The van der Waals surface area contributed by atoms with Crippen molar-refractivity contribution in [2.45, 2.75) is 33.2 Å². The number of benzene rings is 4. The fourth-order valence-electron chi connectivity index (χ4n) is 8.26. The van der Waals surface area contributed by atoms with Crippen molar-refractivity contribution in [3.63, 3.8) is 0 Å². The summed E-state index contributed by atoms with van der Waals surface area (Å²) in [5, 5.41) is 3.28. The first-order valence-electron chi connectivity index (χ1n) is 14.6. The molecule has 4 aromatic carbocycles. The molecule has 2 atom stereocenters. The third-order valence-electron chi connectivity index (χ3n) is 10.1. The van der Waals surface area contributed by atoms with Gasteiger partial charge in [0.15, 0.2) is 0 Å². The Balaban J connectivity index is 0.00000144. The first-order chi connectivity index (χ1) is 19.6. The average Bonchev–Trinajstić information content (AvgIpc) is 3.79. The van der Waals surface area contributed by atoms with E-state index in [0.717, 1.165) is 12.8 Å². The Morgan fingerprint density at radius 3 is 1.45 bits per heavy atom. The Bertz CT molecular complexity index is 1790. The summed E-state index contributed by atoms with van der Waals surface area (Å²) in [6.45, 7) is 5.26. The molecule has 1 aliphatic heterocycles. The second-order valence-corrected chi connectivity index (χ2v) is 20.4. The maximum absolute atomic E-state index is 2.63. The van der Waals surface area contributed by atoms with Gasteiger partial charge in [-0.05, 0) is 0 Å². The molecule has 0 aromatic heterocycles. The largest absolute Gasteiger partial charge is 1.00 e. The molecule has 0 N–H and O–H groups in total. The molecule has 2 unspecified atom stereocenters. The third kappa shape index (κ3) is 3.75. The fraction of sp³-hybridized carbons (Fsp3) is 0.158. The molecule has 0 saturated heterocycles. The number of fused-ring (bicyclic) bond motifs is 8. The Hall–Kier alpha value is -2.48. The summed E-state index contributed by atoms with van der Waals surface area (Å²) in [7, 11) is -2.10. The van der Waals surface area contributed by atoms with Gasteiger partial charge in [0.05, 0.1) is 0 Å². The maximum Gasteiger partial charge on any atom is -1.00 e. The van der Waals surface area contributed by atoms with Gasteiger partial charge in [-0.1, -0.05) is 0 Å². The van der Waals surface area contributed by atoms with E-state index in [-0.39, 0.29) is 24.8 Å². The molecule has 1 heterocycles. The molecule has 0 fully saturated rings. The first-order valence-corrected chi connectivity index (χ1v) is 20.5. The standard InChI is InChI=1S/C38H30Si.2ClH.Zr/c1-39(2,35-21-19-31-29-17-9-7-15-27(29)23-33(31)37(35)25-11-3-4-12-25)36-22-20-32-30-18-10-8-16-28(30)24-34(32)38(36)26-13-5-6-14-26;;;/h3-11,13,15-24H,12,14H2,1-2H3;2*1H;/q;;;+2/p-2. The van der Waals surface area contributed by atoms with Gasteiger partial charge in [0.25, 0.3) is 0 Å². The number of halogens is 2. The van der Waals surface area contributed by atoms with Gasteiger partial charge in [-0.3, -0.25) is 0 Å². The number of hydrogen-bond acceptors (Lipinski definition) is 0. The minimum absolute atomic E-state index is 0. The minimum atomic E-state index is -2.10. The predicted octanol–water partition coefficient (Wildman–Crippen LogP) is 2.44. The summed E-state index contributed by atoms with van der Waals surface area (Å²) in [5.41, 5.74) is 18.9. The van der Waals surface area contributed by atoms with Gasteiger partial charge in [-0.2, -0.15) is 0 Å². The molecule has 5 aliphatic rings. The molecule has 4 heteroatoms. The van der Waals surface area contributed by atoms with Crippen LogP contribution in [0.15, 0.2) is 109 Å². The topological polar surface area (TPSA) is 0 Å². The molecule has 42 heavy (non-hydrogen) atoms. The number of allylic oxidation sites excluding steroid dienone is 8. The van der Waals surface area contributed by atoms with Crippen LogP contribution in [0.2, 0.25) is 13.1 Å². The second kappa shape index (κ2) is 10.3. The first kappa shape index (κ1) is 28.3. The van der Waals surface area contributed by atoms with Gasteiger partial charge < -0.3 is 24.8 Å². The summed E-state index contributed by atoms with van der Waals surface area (Å²) in [4.78, 5) is 0. The van der Waals surface area contributed by atoms with Crippen molar-refractivity contribution in [3.8, 4) is 22.3 Å². The van der Waals surface area contributed by atoms with Crippen LogP contribution >= 0.6 is 0 Å². The zero-order valence-corrected chi connectivity index (χ0v) is 28.7. The molecule has 0 nitrogen and oxygen atoms in total. The van der Waals surface area contributed by atoms with Crippen LogP contribution in [-0.2, 0) is 23.2 Å². The summed E-state index contributed by atoms with van der Waals surface area (Å²) >= 11 is -1.07. The van der Waals surface area contributed by atoms with Gasteiger partial charge in [0, 0.05) is 0 Å². The van der Waals surface area contributed by atoms with Crippen molar-refractivity contribution in [2.75, 3.05) is 0 Å². The van der Waals surface area contributed by atoms with Crippen LogP contribution < -0.4 is 35.2 Å². The molecule has 4 aliphatic carbocycles. The fourth-order valence-corrected chi connectivity index (χ4v) is 16.6. The molecular weight excluding hydrogens is 647 g/mol. The molecule has 204 valence electrons. The zero-order chi connectivity index (χ0) is 26.6. The van der Waals surface area contributed by atoms with Crippen LogP contribution in [0, 0.1) is 0 Å². The molecular formula is C38H30Cl2SiZr. The van der Waals surface area contributed by atoms with Crippen molar-refractivity contribution in [1.82, 2.24) is 0 Å². The van der Waals surface area contributed by atoms with Crippen LogP contribution in [0.1, 0.15) is 53.5 Å². The zero-order valence-electron chi connectivity index (χ0n) is 23.7. The second-order valence-electron chi connectivity index (χ2n) is 12.4. The molecule has 9 rings (SSSR count). The van der Waals surface area contributed by atoms with Gasteiger partial charge >= 0.3 is 251 Å². The summed E-state index contributed by atoms with van der Waals surface area (Å²) in [5.74, 6) is 0. The summed E-state index contributed by atoms with van der Waals surface area (Å²) < 4.78 is 1.12. The smallest absolute Gasteiger partial charge is 1.00 e. The molecule has 0 spiro atoms. The Morgan fingerprint density at radius 1 is 0.571 bits per heavy atom. The van der Waals surface area contributed by atoms with E-state index >= 15 is 0 Å². The number of rotatable bonds is 2. The Labute approximate surface area is 273 Å². The maximum atomic E-state index is 2.63. The van der Waals surface area contributed by atoms with E-state index in [2.05, 4.69) is 122 Å². The van der Waals surface area contributed by atoms with E-state index in [4.69, 9.17) is 0 Å². The molecule has 0 radical (unpaired) electrons. The van der Waals surface area contributed by atoms with Crippen LogP contribution in [0.3, 0.4) is 0 Å². The van der Waals surface area contributed by atoms with E-state index in [1.54, 1.807) is 43.8 Å². The molecule has 4 aromatic rings. The van der Waals surface area contributed by atoms with Crippen molar-refractivity contribution in [2.24, 2.45) is 0 Å². The molecule has 0 saturated carbocycles. The number of hydrogen-bond donors (Lipinski definition) is 0. The Kier molecular flexibility index (Phi) is 6.95. The van der Waals surface area contributed by atoms with Crippen LogP contribution in [-0.4, -0.2) is 8.07 Å². The summed E-state index contributed by atoms with van der Waals surface area (Å²) in [6.07, 6.45) is 16.2. The van der Waals surface area contributed by atoms with Gasteiger partial charge in [-0.25, -0.2) is 0 Å². The van der Waals surface area contributed by atoms with Crippen molar-refractivity contribution in [1.29, 1.82) is 0 Å². The van der Waals surface area contributed by atoms with E-state index in [1.165, 1.54) is 33.4 Å². The molecule has 4 bridgehead atoms.